The maximum absolute atomic E-state index is 3.74. The molecule has 0 atom stereocenters. The summed E-state index contributed by atoms with van der Waals surface area (Å²) in [5.74, 6) is 0.994. The molecule has 1 saturated heterocycles. The van der Waals surface area contributed by atoms with Crippen molar-refractivity contribution in [2.75, 3.05) is 19.6 Å². The Balaban J connectivity index is 1.44. The van der Waals surface area contributed by atoms with Crippen LogP contribution in [0.25, 0.3) is 0 Å². The SMILES string of the molecule is Brc1ccc(CN2CCC(NCC3CC3)CC2)cc1Br. The van der Waals surface area contributed by atoms with Crippen molar-refractivity contribution in [3.8, 4) is 0 Å². The van der Waals surface area contributed by atoms with E-state index in [1.807, 2.05) is 0 Å². The zero-order valence-corrected chi connectivity index (χ0v) is 14.9. The van der Waals surface area contributed by atoms with E-state index in [2.05, 4.69) is 60.3 Å². The van der Waals surface area contributed by atoms with Gasteiger partial charge in [-0.2, -0.15) is 0 Å². The molecule has 2 fully saturated rings. The van der Waals surface area contributed by atoms with Gasteiger partial charge in [-0.15, -0.1) is 0 Å². The van der Waals surface area contributed by atoms with Gasteiger partial charge in [0.05, 0.1) is 0 Å². The van der Waals surface area contributed by atoms with E-state index in [1.54, 1.807) is 0 Å². The molecule has 0 aromatic heterocycles. The molecular weight excluding hydrogens is 380 g/mol. The third kappa shape index (κ3) is 4.30. The maximum Gasteiger partial charge on any atom is 0.0320 e. The number of nitrogens with one attached hydrogen (secondary N) is 1. The fourth-order valence-corrected chi connectivity index (χ4v) is 3.52. The first-order chi connectivity index (χ1) is 9.70. The van der Waals surface area contributed by atoms with Gasteiger partial charge >= 0.3 is 0 Å². The number of hydrogen-bond acceptors (Lipinski definition) is 2. The highest BCUT2D eigenvalue weighted by atomic mass is 79.9. The van der Waals surface area contributed by atoms with E-state index in [1.165, 1.54) is 50.9 Å². The number of likely N-dealkylation sites (tertiary alicyclic amines) is 1. The van der Waals surface area contributed by atoms with Crippen LogP contribution in [0.1, 0.15) is 31.2 Å². The Morgan fingerprint density at radius 1 is 1.05 bits per heavy atom. The first kappa shape index (κ1) is 15.0. The van der Waals surface area contributed by atoms with Gasteiger partial charge in [0.1, 0.15) is 0 Å². The first-order valence-electron chi connectivity index (χ1n) is 7.60. The number of benzene rings is 1. The average Bonchev–Trinajstić information content (AvgIpc) is 3.26. The van der Waals surface area contributed by atoms with Crippen LogP contribution in [0, 0.1) is 5.92 Å². The van der Waals surface area contributed by atoms with E-state index in [0.29, 0.717) is 0 Å². The summed E-state index contributed by atoms with van der Waals surface area (Å²) >= 11 is 7.11. The van der Waals surface area contributed by atoms with Crippen LogP contribution >= 0.6 is 31.9 Å². The third-order valence-electron chi connectivity index (χ3n) is 4.37. The van der Waals surface area contributed by atoms with Gasteiger partial charge in [0.15, 0.2) is 0 Å². The van der Waals surface area contributed by atoms with E-state index in [0.717, 1.165) is 27.4 Å². The summed E-state index contributed by atoms with van der Waals surface area (Å²) < 4.78 is 2.28. The van der Waals surface area contributed by atoms with E-state index < -0.39 is 0 Å². The van der Waals surface area contributed by atoms with Crippen molar-refractivity contribution in [1.29, 1.82) is 0 Å². The Morgan fingerprint density at radius 3 is 2.45 bits per heavy atom. The molecule has 2 aliphatic rings. The van der Waals surface area contributed by atoms with Gasteiger partial charge in [0.2, 0.25) is 0 Å². The lowest BCUT2D eigenvalue weighted by Crippen LogP contribution is -2.42. The molecule has 1 aromatic rings. The number of hydrogen-bond donors (Lipinski definition) is 1. The predicted octanol–water partition coefficient (Wildman–Crippen LogP) is 4.18. The Labute approximate surface area is 138 Å². The minimum absolute atomic E-state index is 0.753. The summed E-state index contributed by atoms with van der Waals surface area (Å²) in [7, 11) is 0. The van der Waals surface area contributed by atoms with Crippen LogP contribution in [0.4, 0.5) is 0 Å². The van der Waals surface area contributed by atoms with Crippen molar-refractivity contribution >= 4 is 31.9 Å². The molecule has 1 heterocycles. The molecule has 3 rings (SSSR count). The molecule has 0 radical (unpaired) electrons. The van der Waals surface area contributed by atoms with E-state index in [4.69, 9.17) is 0 Å². The van der Waals surface area contributed by atoms with Crippen LogP contribution in [-0.4, -0.2) is 30.6 Å². The fraction of sp³-hybridized carbons (Fsp3) is 0.625. The Bertz CT molecular complexity index is 452. The highest BCUT2D eigenvalue weighted by molar-refractivity contribution is 9.13. The second-order valence-electron chi connectivity index (χ2n) is 6.15. The molecule has 0 bridgehead atoms. The lowest BCUT2D eigenvalue weighted by atomic mass is 10.0. The van der Waals surface area contributed by atoms with Gasteiger partial charge in [-0.25, -0.2) is 0 Å². The largest absolute Gasteiger partial charge is 0.314 e. The van der Waals surface area contributed by atoms with Gasteiger partial charge in [-0.3, -0.25) is 4.90 Å². The number of halogens is 2. The number of piperidine rings is 1. The van der Waals surface area contributed by atoms with Crippen molar-refractivity contribution in [3.63, 3.8) is 0 Å². The molecular formula is C16H22Br2N2. The van der Waals surface area contributed by atoms with Crippen molar-refractivity contribution in [2.45, 2.75) is 38.3 Å². The van der Waals surface area contributed by atoms with E-state index >= 15 is 0 Å². The Hall–Kier alpha value is 0.1000. The molecule has 2 nitrogen and oxygen atoms in total. The summed E-state index contributed by atoms with van der Waals surface area (Å²) in [5, 5.41) is 3.74. The molecule has 20 heavy (non-hydrogen) atoms. The molecule has 0 unspecified atom stereocenters. The minimum Gasteiger partial charge on any atom is -0.314 e. The van der Waals surface area contributed by atoms with Gasteiger partial charge < -0.3 is 5.32 Å². The van der Waals surface area contributed by atoms with Gasteiger partial charge in [-0.1, -0.05) is 6.07 Å². The van der Waals surface area contributed by atoms with Crippen LogP contribution in [0.3, 0.4) is 0 Å². The standard InChI is InChI=1S/C16H22Br2N2/c17-15-4-3-13(9-16(15)18)11-20-7-5-14(6-8-20)19-10-12-1-2-12/h3-4,9,12,14,19H,1-2,5-8,10-11H2. The molecule has 1 aromatic carbocycles. The van der Waals surface area contributed by atoms with Gasteiger partial charge in [0.25, 0.3) is 0 Å². The zero-order chi connectivity index (χ0) is 13.9. The highest BCUT2D eigenvalue weighted by Gasteiger charge is 2.24. The molecule has 1 aliphatic carbocycles. The highest BCUT2D eigenvalue weighted by Crippen LogP contribution is 2.28. The van der Waals surface area contributed by atoms with E-state index in [9.17, 15) is 0 Å². The summed E-state index contributed by atoms with van der Waals surface area (Å²) in [4.78, 5) is 2.57. The smallest absolute Gasteiger partial charge is 0.0320 e. The predicted molar refractivity (Wildman–Crippen MR) is 90.9 cm³/mol. The normalized spacial score (nSPS) is 21.3. The lowest BCUT2D eigenvalue weighted by molar-refractivity contribution is 0.190. The third-order valence-corrected chi connectivity index (χ3v) is 6.25. The quantitative estimate of drug-likeness (QED) is 0.796. The van der Waals surface area contributed by atoms with Crippen LogP contribution in [0.5, 0.6) is 0 Å². The number of rotatable bonds is 5. The monoisotopic (exact) mass is 400 g/mol. The molecule has 0 spiro atoms. The van der Waals surface area contributed by atoms with E-state index in [-0.39, 0.29) is 0 Å². The first-order valence-corrected chi connectivity index (χ1v) is 9.19. The van der Waals surface area contributed by atoms with Gasteiger partial charge in [-0.05, 0) is 101 Å². The second-order valence-corrected chi connectivity index (χ2v) is 7.86. The average molecular weight is 402 g/mol. The van der Waals surface area contributed by atoms with Crippen LogP contribution < -0.4 is 5.32 Å². The van der Waals surface area contributed by atoms with Crippen LogP contribution in [0.2, 0.25) is 0 Å². The molecule has 0 amide bonds. The molecule has 1 N–H and O–H groups in total. The summed E-state index contributed by atoms with van der Waals surface area (Å²) in [5.41, 5.74) is 1.39. The maximum atomic E-state index is 3.74. The Kier molecular flexibility index (Phi) is 5.18. The topological polar surface area (TPSA) is 15.3 Å². The minimum atomic E-state index is 0.753. The Morgan fingerprint density at radius 2 is 1.80 bits per heavy atom. The van der Waals surface area contributed by atoms with Crippen molar-refractivity contribution < 1.29 is 0 Å². The van der Waals surface area contributed by atoms with Crippen LogP contribution in [0.15, 0.2) is 27.1 Å². The van der Waals surface area contributed by atoms with Gasteiger partial charge in [0, 0.05) is 21.5 Å². The molecule has 1 aliphatic heterocycles. The number of nitrogens with zero attached hydrogens (tertiary/aromatic N) is 1. The molecule has 1 saturated carbocycles. The summed E-state index contributed by atoms with van der Waals surface area (Å²) in [6.45, 7) is 4.76. The second kappa shape index (κ2) is 6.91. The van der Waals surface area contributed by atoms with Crippen molar-refractivity contribution in [2.24, 2.45) is 5.92 Å². The summed E-state index contributed by atoms with van der Waals surface area (Å²) in [6, 6.07) is 7.32. The summed E-state index contributed by atoms with van der Waals surface area (Å²) in [6.07, 6.45) is 5.49. The lowest BCUT2D eigenvalue weighted by Gasteiger charge is -2.32. The zero-order valence-electron chi connectivity index (χ0n) is 11.7. The molecule has 110 valence electrons. The van der Waals surface area contributed by atoms with Crippen molar-refractivity contribution in [1.82, 2.24) is 10.2 Å². The van der Waals surface area contributed by atoms with Crippen molar-refractivity contribution in [3.05, 3.63) is 32.7 Å². The molecule has 4 heteroatoms. The fourth-order valence-electron chi connectivity index (χ4n) is 2.85. The van der Waals surface area contributed by atoms with Crippen LogP contribution in [-0.2, 0) is 6.54 Å².